The highest BCUT2D eigenvalue weighted by Gasteiger charge is 2.26. The van der Waals surface area contributed by atoms with Gasteiger partial charge in [-0.3, -0.25) is 4.79 Å². The van der Waals surface area contributed by atoms with Crippen molar-refractivity contribution in [2.45, 2.75) is 31.6 Å². The van der Waals surface area contributed by atoms with Crippen LogP contribution >= 0.6 is 0 Å². The summed E-state index contributed by atoms with van der Waals surface area (Å²) in [6.45, 7) is 2.98. The molecule has 0 N–H and O–H groups in total. The molecule has 1 heterocycles. The van der Waals surface area contributed by atoms with Gasteiger partial charge in [0.2, 0.25) is 0 Å². The SMILES string of the molecule is C[C@H](OC(=O)c1ccc(CS(C)(=O)=O)cc1)C(=O)N1CCCC1. The molecule has 7 heteroatoms. The number of benzene rings is 1. The van der Waals surface area contributed by atoms with Crippen LogP contribution < -0.4 is 0 Å². The molecule has 0 unspecified atom stereocenters. The molecule has 1 saturated heterocycles. The molecule has 1 atom stereocenters. The van der Waals surface area contributed by atoms with Crippen molar-refractivity contribution < 1.29 is 22.7 Å². The lowest BCUT2D eigenvalue weighted by atomic mass is 10.1. The first-order valence-electron chi connectivity index (χ1n) is 7.53. The van der Waals surface area contributed by atoms with Crippen molar-refractivity contribution in [1.29, 1.82) is 0 Å². The number of amides is 1. The van der Waals surface area contributed by atoms with Gasteiger partial charge in [-0.1, -0.05) is 12.1 Å². The van der Waals surface area contributed by atoms with Crippen LogP contribution in [0.5, 0.6) is 0 Å². The van der Waals surface area contributed by atoms with Crippen molar-refractivity contribution >= 4 is 21.7 Å². The molecule has 2 rings (SSSR count). The van der Waals surface area contributed by atoms with Crippen LogP contribution in [0, 0.1) is 0 Å². The van der Waals surface area contributed by atoms with Crippen LogP contribution in [0.1, 0.15) is 35.7 Å². The molecular weight excluding hydrogens is 318 g/mol. The molecule has 6 nitrogen and oxygen atoms in total. The zero-order valence-electron chi connectivity index (χ0n) is 13.3. The molecule has 0 spiro atoms. The Labute approximate surface area is 136 Å². The fraction of sp³-hybridized carbons (Fsp3) is 0.500. The number of esters is 1. The Bertz CT molecular complexity index is 675. The Morgan fingerprint density at radius 3 is 2.26 bits per heavy atom. The number of hydrogen-bond donors (Lipinski definition) is 0. The van der Waals surface area contributed by atoms with Crippen LogP contribution in [0.15, 0.2) is 24.3 Å². The molecule has 0 bridgehead atoms. The Morgan fingerprint density at radius 1 is 1.17 bits per heavy atom. The maximum atomic E-state index is 12.1. The van der Waals surface area contributed by atoms with Crippen LogP contribution in [0.4, 0.5) is 0 Å². The second-order valence-corrected chi connectivity index (χ2v) is 7.99. The van der Waals surface area contributed by atoms with Crippen LogP contribution in [0.3, 0.4) is 0 Å². The molecule has 1 aliphatic rings. The lowest BCUT2D eigenvalue weighted by Crippen LogP contribution is -2.38. The van der Waals surface area contributed by atoms with Gasteiger partial charge in [0.05, 0.1) is 11.3 Å². The first-order valence-corrected chi connectivity index (χ1v) is 9.59. The van der Waals surface area contributed by atoms with Crippen molar-refractivity contribution in [1.82, 2.24) is 4.90 Å². The molecule has 1 fully saturated rings. The fourth-order valence-corrected chi connectivity index (χ4v) is 3.31. The molecule has 0 saturated carbocycles. The van der Waals surface area contributed by atoms with Crippen LogP contribution in [0.2, 0.25) is 0 Å². The van der Waals surface area contributed by atoms with Crippen molar-refractivity contribution in [3.05, 3.63) is 35.4 Å². The number of hydrogen-bond acceptors (Lipinski definition) is 5. The Hall–Kier alpha value is -1.89. The van der Waals surface area contributed by atoms with Gasteiger partial charge in [-0.25, -0.2) is 13.2 Å². The predicted octanol–water partition coefficient (Wildman–Crippen LogP) is 1.40. The van der Waals surface area contributed by atoms with E-state index in [1.54, 1.807) is 24.0 Å². The highest BCUT2D eigenvalue weighted by molar-refractivity contribution is 7.89. The minimum absolute atomic E-state index is 0.0772. The maximum absolute atomic E-state index is 12.1. The van der Waals surface area contributed by atoms with E-state index >= 15 is 0 Å². The summed E-state index contributed by atoms with van der Waals surface area (Å²) in [6, 6.07) is 6.17. The first-order chi connectivity index (χ1) is 10.8. The minimum Gasteiger partial charge on any atom is -0.449 e. The third kappa shape index (κ3) is 5.06. The average molecular weight is 339 g/mol. The Balaban J connectivity index is 1.96. The molecule has 0 aromatic heterocycles. The summed E-state index contributed by atoms with van der Waals surface area (Å²) in [6.07, 6.45) is 2.29. The molecular formula is C16H21NO5S. The number of carbonyl (C=O) groups excluding carboxylic acids is 2. The normalized spacial score (nSPS) is 16.2. The van der Waals surface area contributed by atoms with Crippen LogP contribution in [-0.4, -0.2) is 50.6 Å². The van der Waals surface area contributed by atoms with Gasteiger partial charge in [0.1, 0.15) is 0 Å². The first kappa shape index (κ1) is 17.5. The number of likely N-dealkylation sites (tertiary alicyclic amines) is 1. The third-order valence-corrected chi connectivity index (χ3v) is 4.53. The third-order valence-electron chi connectivity index (χ3n) is 3.67. The second kappa shape index (κ2) is 7.12. The van der Waals surface area contributed by atoms with Gasteiger partial charge in [0.25, 0.3) is 5.91 Å². The molecule has 0 radical (unpaired) electrons. The van der Waals surface area contributed by atoms with Gasteiger partial charge in [-0.05, 0) is 37.5 Å². The van der Waals surface area contributed by atoms with Gasteiger partial charge in [-0.2, -0.15) is 0 Å². The van der Waals surface area contributed by atoms with E-state index in [0.29, 0.717) is 24.2 Å². The second-order valence-electron chi connectivity index (χ2n) is 5.85. The standard InChI is InChI=1S/C16H21NO5S/c1-12(15(18)17-9-3-4-10-17)22-16(19)14-7-5-13(6-8-14)11-23(2,20)21/h5-8,12H,3-4,9-11H2,1-2H3/t12-/m0/s1. The highest BCUT2D eigenvalue weighted by atomic mass is 32.2. The predicted molar refractivity (Wildman–Crippen MR) is 85.7 cm³/mol. The zero-order chi connectivity index (χ0) is 17.0. The van der Waals surface area contributed by atoms with Crippen molar-refractivity contribution in [3.63, 3.8) is 0 Å². The van der Waals surface area contributed by atoms with Gasteiger partial charge in [0, 0.05) is 19.3 Å². The maximum Gasteiger partial charge on any atom is 0.338 e. The van der Waals surface area contributed by atoms with Gasteiger partial charge < -0.3 is 9.64 Å². The average Bonchev–Trinajstić information content (AvgIpc) is 2.99. The summed E-state index contributed by atoms with van der Waals surface area (Å²) in [4.78, 5) is 25.9. The lowest BCUT2D eigenvalue weighted by molar-refractivity contribution is -0.138. The minimum atomic E-state index is -3.12. The van der Waals surface area contributed by atoms with E-state index in [1.165, 1.54) is 12.1 Å². The van der Waals surface area contributed by atoms with E-state index < -0.39 is 21.9 Å². The van der Waals surface area contributed by atoms with E-state index in [4.69, 9.17) is 4.74 Å². The summed E-state index contributed by atoms with van der Waals surface area (Å²) >= 11 is 0. The summed E-state index contributed by atoms with van der Waals surface area (Å²) in [5.74, 6) is -0.841. The number of nitrogens with zero attached hydrogens (tertiary/aromatic N) is 1. The van der Waals surface area contributed by atoms with E-state index in [9.17, 15) is 18.0 Å². The smallest absolute Gasteiger partial charge is 0.338 e. The van der Waals surface area contributed by atoms with Crippen molar-refractivity contribution in [2.24, 2.45) is 0 Å². The molecule has 1 aliphatic heterocycles. The lowest BCUT2D eigenvalue weighted by Gasteiger charge is -2.20. The quantitative estimate of drug-likeness (QED) is 0.758. The van der Waals surface area contributed by atoms with Gasteiger partial charge in [-0.15, -0.1) is 0 Å². The van der Waals surface area contributed by atoms with Gasteiger partial charge >= 0.3 is 5.97 Å². The Kier molecular flexibility index (Phi) is 5.41. The molecule has 23 heavy (non-hydrogen) atoms. The molecule has 126 valence electrons. The van der Waals surface area contributed by atoms with Crippen molar-refractivity contribution in [3.8, 4) is 0 Å². The fourth-order valence-electron chi connectivity index (χ4n) is 2.51. The van der Waals surface area contributed by atoms with Crippen molar-refractivity contribution in [2.75, 3.05) is 19.3 Å². The zero-order valence-corrected chi connectivity index (χ0v) is 14.1. The van der Waals surface area contributed by atoms with Gasteiger partial charge in [0.15, 0.2) is 15.9 Å². The largest absolute Gasteiger partial charge is 0.449 e. The van der Waals surface area contributed by atoms with E-state index in [2.05, 4.69) is 0 Å². The molecule has 1 aromatic rings. The number of rotatable bonds is 5. The number of carbonyl (C=O) groups is 2. The summed E-state index contributed by atoms with van der Waals surface area (Å²) in [5.41, 5.74) is 0.897. The number of ether oxygens (including phenoxy) is 1. The van der Waals surface area contributed by atoms with E-state index in [1.807, 2.05) is 0 Å². The molecule has 1 aromatic carbocycles. The highest BCUT2D eigenvalue weighted by Crippen LogP contribution is 2.13. The monoisotopic (exact) mass is 339 g/mol. The molecule has 0 aliphatic carbocycles. The summed E-state index contributed by atoms with van der Waals surface area (Å²) in [5, 5.41) is 0. The Morgan fingerprint density at radius 2 is 1.74 bits per heavy atom. The summed E-state index contributed by atoms with van der Waals surface area (Å²) < 4.78 is 27.7. The van der Waals surface area contributed by atoms with E-state index in [-0.39, 0.29) is 11.7 Å². The van der Waals surface area contributed by atoms with Crippen LogP contribution in [0.25, 0.3) is 0 Å². The van der Waals surface area contributed by atoms with Crippen LogP contribution in [-0.2, 0) is 25.1 Å². The number of sulfone groups is 1. The van der Waals surface area contributed by atoms with E-state index in [0.717, 1.165) is 19.1 Å². The summed E-state index contributed by atoms with van der Waals surface area (Å²) in [7, 11) is -3.12. The molecule has 1 amide bonds. The topological polar surface area (TPSA) is 80.8 Å².